The summed E-state index contributed by atoms with van der Waals surface area (Å²) < 4.78 is 11.5. The van der Waals surface area contributed by atoms with Crippen LogP contribution in [0.3, 0.4) is 0 Å². The summed E-state index contributed by atoms with van der Waals surface area (Å²) in [5, 5.41) is 11.1. The second kappa shape index (κ2) is 11.9. The molecule has 3 N–H and O–H groups in total. The number of ether oxygens (including phenoxy) is 1. The van der Waals surface area contributed by atoms with Gasteiger partial charge in [0, 0.05) is 52.3 Å². The lowest BCUT2D eigenvalue weighted by molar-refractivity contribution is 0.0523. The third-order valence-corrected chi connectivity index (χ3v) is 6.76. The van der Waals surface area contributed by atoms with E-state index in [4.69, 9.17) is 9.15 Å². The summed E-state index contributed by atoms with van der Waals surface area (Å²) >= 11 is 0. The molecule has 9 nitrogen and oxygen atoms in total. The normalized spacial score (nSPS) is 11.3. The molecule has 0 saturated heterocycles. The molecule has 3 aromatic carbocycles. The van der Waals surface area contributed by atoms with Crippen LogP contribution in [0.15, 0.2) is 108 Å². The quantitative estimate of drug-likeness (QED) is 0.173. The maximum absolute atomic E-state index is 12.9. The average Bonchev–Trinajstić information content (AvgIpc) is 3.39. The van der Waals surface area contributed by atoms with Crippen LogP contribution in [0.5, 0.6) is 0 Å². The van der Waals surface area contributed by atoms with Crippen LogP contribution >= 0.6 is 0 Å². The van der Waals surface area contributed by atoms with Crippen molar-refractivity contribution in [3.63, 3.8) is 0 Å². The molecule has 0 spiro atoms. The molecule has 0 atom stereocenters. The van der Waals surface area contributed by atoms with E-state index < -0.39 is 11.7 Å². The predicted octanol–water partition coefficient (Wildman–Crippen LogP) is 8.06. The second-order valence-electron chi connectivity index (χ2n) is 11.3. The number of hydrogen-bond donors (Lipinski definition) is 3. The third kappa shape index (κ3) is 6.52. The zero-order valence-electron chi connectivity index (χ0n) is 24.5. The number of nitrogens with one attached hydrogen (secondary N) is 3. The van der Waals surface area contributed by atoms with E-state index in [1.807, 2.05) is 66.7 Å². The minimum Gasteiger partial charge on any atom is -0.455 e. The minimum absolute atomic E-state index is 0.211. The Morgan fingerprint density at radius 3 is 2.36 bits per heavy atom. The van der Waals surface area contributed by atoms with E-state index in [2.05, 4.69) is 38.1 Å². The van der Waals surface area contributed by atoms with Gasteiger partial charge in [-0.3, -0.25) is 14.8 Å². The molecule has 2 amide bonds. The van der Waals surface area contributed by atoms with Crippen LogP contribution in [0.1, 0.15) is 36.8 Å². The van der Waals surface area contributed by atoms with Crippen molar-refractivity contribution in [2.45, 2.75) is 32.9 Å². The summed E-state index contributed by atoms with van der Waals surface area (Å²) in [5.74, 6) is -0.358. The van der Waals surface area contributed by atoms with Gasteiger partial charge in [0.1, 0.15) is 22.5 Å². The third-order valence-electron chi connectivity index (χ3n) is 6.76. The number of anilines is 3. The van der Waals surface area contributed by atoms with Gasteiger partial charge < -0.3 is 25.1 Å². The maximum atomic E-state index is 12.9. The number of benzene rings is 3. The van der Waals surface area contributed by atoms with E-state index in [0.29, 0.717) is 5.69 Å². The van der Waals surface area contributed by atoms with E-state index in [0.717, 1.165) is 50.1 Å². The first-order valence-electron chi connectivity index (χ1n) is 14.2. The molecule has 0 aliphatic rings. The van der Waals surface area contributed by atoms with E-state index in [-0.39, 0.29) is 18.1 Å². The zero-order chi connectivity index (χ0) is 30.7. The van der Waals surface area contributed by atoms with Gasteiger partial charge in [0.05, 0.1) is 5.69 Å². The summed E-state index contributed by atoms with van der Waals surface area (Å²) in [4.78, 5) is 33.6. The van der Waals surface area contributed by atoms with Crippen molar-refractivity contribution in [1.82, 2.24) is 15.3 Å². The molecule has 0 saturated carbocycles. The molecular formula is C35H31N5O4. The molecule has 0 radical (unpaired) electrons. The van der Waals surface area contributed by atoms with Gasteiger partial charge in [0.2, 0.25) is 0 Å². The molecule has 0 unspecified atom stereocenters. The number of carbonyl (C=O) groups is 2. The number of carbonyl (C=O) groups excluding carboxylic acids is 2. The predicted molar refractivity (Wildman–Crippen MR) is 172 cm³/mol. The first kappa shape index (κ1) is 28.4. The summed E-state index contributed by atoms with van der Waals surface area (Å²) in [6, 6.07) is 28.7. The molecule has 0 bridgehead atoms. The number of para-hydroxylation sites is 2. The Bertz CT molecular complexity index is 1980. The van der Waals surface area contributed by atoms with Crippen molar-refractivity contribution in [3.05, 3.63) is 115 Å². The summed E-state index contributed by atoms with van der Waals surface area (Å²) in [7, 11) is 0. The molecule has 44 heavy (non-hydrogen) atoms. The molecule has 9 heteroatoms. The number of hydrogen-bond acceptors (Lipinski definition) is 7. The number of rotatable bonds is 7. The summed E-state index contributed by atoms with van der Waals surface area (Å²) in [5.41, 5.74) is 6.04. The van der Waals surface area contributed by atoms with Crippen molar-refractivity contribution in [3.8, 4) is 11.3 Å². The van der Waals surface area contributed by atoms with Crippen LogP contribution in [-0.2, 0) is 11.3 Å². The van der Waals surface area contributed by atoms with E-state index >= 15 is 0 Å². The zero-order valence-corrected chi connectivity index (χ0v) is 24.5. The number of fused-ring (bicyclic) bond motifs is 3. The fourth-order valence-corrected chi connectivity index (χ4v) is 4.80. The van der Waals surface area contributed by atoms with Crippen molar-refractivity contribution in [2.75, 3.05) is 10.6 Å². The van der Waals surface area contributed by atoms with Crippen molar-refractivity contribution < 1.29 is 18.7 Å². The first-order chi connectivity index (χ1) is 21.2. The van der Waals surface area contributed by atoms with Crippen LogP contribution in [0, 0.1) is 0 Å². The van der Waals surface area contributed by atoms with Crippen LogP contribution < -0.4 is 16.0 Å². The minimum atomic E-state index is -0.592. The van der Waals surface area contributed by atoms with Crippen LogP contribution in [0.25, 0.3) is 33.2 Å². The Morgan fingerprint density at radius 1 is 0.795 bits per heavy atom. The van der Waals surface area contributed by atoms with Gasteiger partial charge >= 0.3 is 6.09 Å². The molecule has 3 heterocycles. The van der Waals surface area contributed by atoms with Crippen molar-refractivity contribution in [1.29, 1.82) is 0 Å². The first-order valence-corrected chi connectivity index (χ1v) is 14.2. The Hall–Kier alpha value is -5.70. The smallest absolute Gasteiger partial charge is 0.407 e. The molecule has 3 aromatic heterocycles. The molecule has 6 aromatic rings. The highest BCUT2D eigenvalue weighted by molar-refractivity contribution is 6.09. The lowest BCUT2D eigenvalue weighted by atomic mass is 10.1. The monoisotopic (exact) mass is 585 g/mol. The van der Waals surface area contributed by atoms with Crippen LogP contribution in [-0.4, -0.2) is 27.6 Å². The number of furan rings is 1. The molecule has 0 aliphatic heterocycles. The van der Waals surface area contributed by atoms with Gasteiger partial charge in [0.25, 0.3) is 5.91 Å². The fourth-order valence-electron chi connectivity index (χ4n) is 4.80. The van der Waals surface area contributed by atoms with Gasteiger partial charge in [-0.1, -0.05) is 30.3 Å². The molecule has 220 valence electrons. The SMILES string of the molecule is CC(C)(C)OC(=O)NCc1ccnc(C(=O)Nc2ccc(Nc3ccnc(-c4cccc5c4oc4ccccc45)c3)cc2)c1. The number of nitrogens with zero attached hydrogens (tertiary/aromatic N) is 2. The molecule has 0 aliphatic carbocycles. The van der Waals surface area contributed by atoms with Gasteiger partial charge in [0.15, 0.2) is 0 Å². The average molecular weight is 586 g/mol. The Labute approximate surface area is 254 Å². The molecule has 0 fully saturated rings. The van der Waals surface area contributed by atoms with Crippen LogP contribution in [0.2, 0.25) is 0 Å². The molecule has 6 rings (SSSR count). The van der Waals surface area contributed by atoms with Gasteiger partial charge in [-0.15, -0.1) is 0 Å². The van der Waals surface area contributed by atoms with E-state index in [9.17, 15) is 9.59 Å². The number of amides is 2. The highest BCUT2D eigenvalue weighted by Gasteiger charge is 2.16. The highest BCUT2D eigenvalue weighted by atomic mass is 16.6. The van der Waals surface area contributed by atoms with Gasteiger partial charge in [-0.05, 0) is 87.0 Å². The number of alkyl carbamates (subject to hydrolysis) is 1. The topological polar surface area (TPSA) is 118 Å². The van der Waals surface area contributed by atoms with E-state index in [1.54, 1.807) is 39.1 Å². The van der Waals surface area contributed by atoms with E-state index in [1.165, 1.54) is 6.20 Å². The number of aromatic nitrogens is 2. The lowest BCUT2D eigenvalue weighted by Gasteiger charge is -2.19. The summed E-state index contributed by atoms with van der Waals surface area (Å²) in [6.07, 6.45) is 2.77. The van der Waals surface area contributed by atoms with Crippen molar-refractivity contribution in [2.24, 2.45) is 0 Å². The van der Waals surface area contributed by atoms with Gasteiger partial charge in [-0.2, -0.15) is 0 Å². The number of pyridine rings is 2. The molecular weight excluding hydrogens is 554 g/mol. The van der Waals surface area contributed by atoms with Gasteiger partial charge in [-0.25, -0.2) is 4.79 Å². The fraction of sp³-hybridized carbons (Fsp3) is 0.143. The Balaban J connectivity index is 1.11. The summed E-state index contributed by atoms with van der Waals surface area (Å²) in [6.45, 7) is 5.60. The largest absolute Gasteiger partial charge is 0.455 e. The standard InChI is InChI=1S/C35H31N5O4/c1-35(2,3)44-34(42)38-21-22-15-17-37-30(19-22)33(41)40-24-13-11-23(12-14-24)39-25-16-18-36-29(20-25)28-9-6-8-27-26-7-4-5-10-31(26)43-32(27)28/h4-20H,21H2,1-3H3,(H,36,39)(H,38,42)(H,40,41). The van der Waals surface area contributed by atoms with Crippen molar-refractivity contribution >= 4 is 51.0 Å². The highest BCUT2D eigenvalue weighted by Crippen LogP contribution is 2.35. The second-order valence-corrected chi connectivity index (χ2v) is 11.3. The maximum Gasteiger partial charge on any atom is 0.407 e. The lowest BCUT2D eigenvalue weighted by Crippen LogP contribution is -2.32. The van der Waals surface area contributed by atoms with Crippen LogP contribution in [0.4, 0.5) is 21.9 Å². The Morgan fingerprint density at radius 2 is 1.55 bits per heavy atom. The Kier molecular flexibility index (Phi) is 7.68.